The van der Waals surface area contributed by atoms with Crippen molar-refractivity contribution in [1.82, 2.24) is 19.9 Å². The van der Waals surface area contributed by atoms with Crippen molar-refractivity contribution in [3.63, 3.8) is 0 Å². The van der Waals surface area contributed by atoms with Gasteiger partial charge in [-0.1, -0.05) is 12.1 Å². The maximum atomic E-state index is 12.8. The number of fused-ring (bicyclic) bond motifs is 1. The topological polar surface area (TPSA) is 71.3 Å². The number of rotatable bonds is 3. The minimum atomic E-state index is -0.339. The number of carbonyl (C=O) groups excluding carboxylic acids is 1. The summed E-state index contributed by atoms with van der Waals surface area (Å²) in [4.78, 5) is 11.9. The third kappa shape index (κ3) is 3.03. The monoisotopic (exact) mass is 299 g/mol. The molecule has 0 aliphatic carbocycles. The molecule has 0 aliphatic rings. The Labute approximate surface area is 126 Å². The predicted molar refractivity (Wildman–Crippen MR) is 80.0 cm³/mol. The van der Waals surface area contributed by atoms with Gasteiger partial charge in [0.25, 0.3) is 0 Å². The molecule has 0 radical (unpaired) electrons. The Hall–Kier alpha value is -2.96. The molecule has 22 heavy (non-hydrogen) atoms. The summed E-state index contributed by atoms with van der Waals surface area (Å²) in [5.74, 6) is 0.441. The Morgan fingerprint density at radius 1 is 1.18 bits per heavy atom. The van der Waals surface area contributed by atoms with Crippen LogP contribution in [-0.4, -0.2) is 20.6 Å². The van der Waals surface area contributed by atoms with Crippen LogP contribution in [0.4, 0.5) is 14.9 Å². The van der Waals surface area contributed by atoms with Crippen LogP contribution in [0.3, 0.4) is 0 Å². The fourth-order valence-electron chi connectivity index (χ4n) is 2.04. The molecule has 0 atom stereocenters. The third-order valence-corrected chi connectivity index (χ3v) is 3.20. The fraction of sp³-hybridized carbons (Fsp3) is 0.133. The lowest BCUT2D eigenvalue weighted by Crippen LogP contribution is -2.28. The minimum Gasteiger partial charge on any atom is -0.334 e. The summed E-state index contributed by atoms with van der Waals surface area (Å²) in [6.07, 6.45) is 1.75. The van der Waals surface area contributed by atoms with Crippen LogP contribution in [0.25, 0.3) is 5.65 Å². The number of nitrogens with zero attached hydrogens (tertiary/aromatic N) is 3. The number of urea groups is 1. The van der Waals surface area contributed by atoms with E-state index in [2.05, 4.69) is 20.8 Å². The Morgan fingerprint density at radius 3 is 2.73 bits per heavy atom. The second-order valence-electron chi connectivity index (χ2n) is 4.83. The number of hydrogen-bond acceptors (Lipinski definition) is 3. The first-order chi connectivity index (χ1) is 10.6. The molecule has 2 amide bonds. The minimum absolute atomic E-state index is 0.300. The van der Waals surface area contributed by atoms with E-state index < -0.39 is 0 Å². The van der Waals surface area contributed by atoms with Gasteiger partial charge in [-0.15, -0.1) is 10.2 Å². The van der Waals surface area contributed by atoms with E-state index in [1.807, 2.05) is 6.92 Å². The quantitative estimate of drug-likeness (QED) is 0.780. The maximum absolute atomic E-state index is 12.8. The van der Waals surface area contributed by atoms with Gasteiger partial charge in [0.2, 0.25) is 0 Å². The van der Waals surface area contributed by atoms with Crippen molar-refractivity contribution < 1.29 is 9.18 Å². The molecule has 2 heterocycles. The molecule has 2 N–H and O–H groups in total. The molecule has 3 rings (SSSR count). The molecule has 0 aliphatic heterocycles. The first-order valence-corrected chi connectivity index (χ1v) is 6.72. The summed E-state index contributed by atoms with van der Waals surface area (Å²) in [5, 5.41) is 13.4. The van der Waals surface area contributed by atoms with Gasteiger partial charge in [0.05, 0.1) is 5.69 Å². The van der Waals surface area contributed by atoms with E-state index in [9.17, 15) is 9.18 Å². The van der Waals surface area contributed by atoms with Crippen LogP contribution in [-0.2, 0) is 6.54 Å². The molecule has 0 saturated heterocycles. The van der Waals surface area contributed by atoms with Gasteiger partial charge in [0, 0.05) is 12.7 Å². The highest BCUT2D eigenvalue weighted by atomic mass is 19.1. The lowest BCUT2D eigenvalue weighted by molar-refractivity contribution is 0.251. The van der Waals surface area contributed by atoms with Crippen molar-refractivity contribution in [3.8, 4) is 0 Å². The Kier molecular flexibility index (Phi) is 3.69. The van der Waals surface area contributed by atoms with Crippen molar-refractivity contribution in [2.24, 2.45) is 0 Å². The van der Waals surface area contributed by atoms with Crippen LogP contribution >= 0.6 is 0 Å². The number of nitrogens with one attached hydrogen (secondary N) is 2. The molecule has 7 heteroatoms. The number of anilines is 1. The standard InChI is InChI=1S/C15H14FN5O/c1-10-19-20-14-7-6-13(9-21(10)14)18-15(22)17-8-11-2-4-12(16)5-3-11/h2-7,9H,8H2,1H3,(H2,17,18,22). The highest BCUT2D eigenvalue weighted by molar-refractivity contribution is 5.89. The number of benzene rings is 1. The van der Waals surface area contributed by atoms with Crippen molar-refractivity contribution in [3.05, 3.63) is 59.8 Å². The van der Waals surface area contributed by atoms with Crippen LogP contribution in [0, 0.1) is 12.7 Å². The molecular weight excluding hydrogens is 285 g/mol. The number of aromatic nitrogens is 3. The fourth-order valence-corrected chi connectivity index (χ4v) is 2.04. The third-order valence-electron chi connectivity index (χ3n) is 3.20. The number of halogens is 1. The van der Waals surface area contributed by atoms with Crippen molar-refractivity contribution in [2.45, 2.75) is 13.5 Å². The Bertz CT molecular complexity index is 812. The summed E-state index contributed by atoms with van der Waals surface area (Å²) in [6, 6.07) is 9.16. The molecular formula is C15H14FN5O. The Balaban J connectivity index is 1.62. The van der Waals surface area contributed by atoms with Gasteiger partial charge in [-0.05, 0) is 36.8 Å². The summed E-state index contributed by atoms with van der Waals surface area (Å²) in [7, 11) is 0. The van der Waals surface area contributed by atoms with Crippen LogP contribution in [0.1, 0.15) is 11.4 Å². The average molecular weight is 299 g/mol. The lowest BCUT2D eigenvalue weighted by atomic mass is 10.2. The molecule has 3 aromatic rings. The molecule has 0 fully saturated rings. The van der Waals surface area contributed by atoms with Gasteiger partial charge >= 0.3 is 6.03 Å². The second-order valence-corrected chi connectivity index (χ2v) is 4.83. The largest absolute Gasteiger partial charge is 0.334 e. The molecule has 0 bridgehead atoms. The molecule has 1 aromatic carbocycles. The van der Waals surface area contributed by atoms with E-state index in [0.29, 0.717) is 12.2 Å². The summed E-state index contributed by atoms with van der Waals surface area (Å²) >= 11 is 0. The van der Waals surface area contributed by atoms with Gasteiger partial charge in [-0.3, -0.25) is 4.40 Å². The summed E-state index contributed by atoms with van der Waals surface area (Å²) in [5.41, 5.74) is 2.17. The van der Waals surface area contributed by atoms with E-state index in [1.54, 1.807) is 34.9 Å². The Morgan fingerprint density at radius 2 is 1.95 bits per heavy atom. The second kappa shape index (κ2) is 5.80. The SMILES string of the molecule is Cc1nnc2ccc(NC(=O)NCc3ccc(F)cc3)cn12. The number of carbonyl (C=O) groups is 1. The first-order valence-electron chi connectivity index (χ1n) is 6.72. The van der Waals surface area contributed by atoms with Crippen LogP contribution in [0.5, 0.6) is 0 Å². The summed E-state index contributed by atoms with van der Waals surface area (Å²) in [6.45, 7) is 2.15. The van der Waals surface area contributed by atoms with Gasteiger partial charge < -0.3 is 10.6 Å². The first kappa shape index (κ1) is 14.0. The van der Waals surface area contributed by atoms with E-state index in [1.165, 1.54) is 12.1 Å². The number of amides is 2. The van der Waals surface area contributed by atoms with Crippen LogP contribution < -0.4 is 10.6 Å². The molecule has 0 spiro atoms. The zero-order valence-corrected chi connectivity index (χ0v) is 11.9. The lowest BCUT2D eigenvalue weighted by Gasteiger charge is -2.08. The number of aryl methyl sites for hydroxylation is 1. The smallest absolute Gasteiger partial charge is 0.319 e. The van der Waals surface area contributed by atoms with E-state index in [0.717, 1.165) is 17.0 Å². The molecule has 6 nitrogen and oxygen atoms in total. The average Bonchev–Trinajstić information content (AvgIpc) is 2.88. The number of hydrogen-bond donors (Lipinski definition) is 2. The zero-order chi connectivity index (χ0) is 15.5. The normalized spacial score (nSPS) is 10.6. The van der Waals surface area contributed by atoms with Crippen LogP contribution in [0.2, 0.25) is 0 Å². The molecule has 0 saturated carbocycles. The maximum Gasteiger partial charge on any atom is 0.319 e. The van der Waals surface area contributed by atoms with E-state index >= 15 is 0 Å². The highest BCUT2D eigenvalue weighted by Crippen LogP contribution is 2.11. The van der Waals surface area contributed by atoms with Crippen molar-refractivity contribution >= 4 is 17.4 Å². The van der Waals surface area contributed by atoms with Gasteiger partial charge in [0.1, 0.15) is 11.6 Å². The zero-order valence-electron chi connectivity index (χ0n) is 11.9. The number of pyridine rings is 1. The molecule has 112 valence electrons. The van der Waals surface area contributed by atoms with Gasteiger partial charge in [0.15, 0.2) is 5.65 Å². The van der Waals surface area contributed by atoms with E-state index in [-0.39, 0.29) is 11.8 Å². The summed E-state index contributed by atoms with van der Waals surface area (Å²) < 4.78 is 14.6. The van der Waals surface area contributed by atoms with Crippen molar-refractivity contribution in [1.29, 1.82) is 0 Å². The van der Waals surface area contributed by atoms with E-state index in [4.69, 9.17) is 0 Å². The van der Waals surface area contributed by atoms with Crippen molar-refractivity contribution in [2.75, 3.05) is 5.32 Å². The van der Waals surface area contributed by atoms with Gasteiger partial charge in [-0.2, -0.15) is 0 Å². The molecule has 0 unspecified atom stereocenters. The predicted octanol–water partition coefficient (Wildman–Crippen LogP) is 2.50. The highest BCUT2D eigenvalue weighted by Gasteiger charge is 2.05. The van der Waals surface area contributed by atoms with Crippen LogP contribution in [0.15, 0.2) is 42.6 Å². The van der Waals surface area contributed by atoms with Gasteiger partial charge in [-0.25, -0.2) is 9.18 Å². The molecule has 2 aromatic heterocycles.